The molecule has 9 nitrogen and oxygen atoms in total. The van der Waals surface area contributed by atoms with E-state index < -0.39 is 0 Å². The fourth-order valence-electron chi connectivity index (χ4n) is 3.34. The molecule has 172 valence electrons. The van der Waals surface area contributed by atoms with E-state index in [1.807, 2.05) is 24.3 Å². The van der Waals surface area contributed by atoms with E-state index in [1.165, 1.54) is 0 Å². The Morgan fingerprint density at radius 3 is 2.68 bits per heavy atom. The van der Waals surface area contributed by atoms with Crippen molar-refractivity contribution in [3.8, 4) is 11.5 Å². The Balaban J connectivity index is 0.00000341. The zero-order valence-corrected chi connectivity index (χ0v) is 20.5. The van der Waals surface area contributed by atoms with Crippen LogP contribution in [0.3, 0.4) is 0 Å². The van der Waals surface area contributed by atoms with Gasteiger partial charge in [-0.1, -0.05) is 11.2 Å². The lowest BCUT2D eigenvalue weighted by Crippen LogP contribution is -2.52. The van der Waals surface area contributed by atoms with Crippen LogP contribution in [0.1, 0.15) is 18.2 Å². The van der Waals surface area contributed by atoms with Crippen molar-refractivity contribution in [1.29, 1.82) is 0 Å². The zero-order chi connectivity index (χ0) is 21.2. The van der Waals surface area contributed by atoms with Crippen molar-refractivity contribution in [1.82, 2.24) is 20.3 Å². The molecule has 3 rings (SSSR count). The molecule has 1 aromatic carbocycles. The van der Waals surface area contributed by atoms with E-state index in [2.05, 4.69) is 27.2 Å². The number of hydrogen-bond donors (Lipinski definition) is 2. The Morgan fingerprint density at radius 1 is 1.23 bits per heavy atom. The van der Waals surface area contributed by atoms with Crippen LogP contribution in [0.5, 0.6) is 11.5 Å². The summed E-state index contributed by atoms with van der Waals surface area (Å²) in [6, 6.07) is 7.66. The Kier molecular flexibility index (Phi) is 10.9. The lowest BCUT2D eigenvalue weighted by molar-refractivity contribution is 0.169. The minimum Gasteiger partial charge on any atom is -0.493 e. The highest BCUT2D eigenvalue weighted by molar-refractivity contribution is 14.0. The molecule has 1 aromatic heterocycles. The number of piperazine rings is 1. The lowest BCUT2D eigenvalue weighted by Gasteiger charge is -2.36. The summed E-state index contributed by atoms with van der Waals surface area (Å²) >= 11 is 0. The number of aliphatic hydroxyl groups excluding tert-OH is 1. The van der Waals surface area contributed by atoms with E-state index in [4.69, 9.17) is 24.1 Å². The Morgan fingerprint density at radius 2 is 2.03 bits per heavy atom. The first-order valence-corrected chi connectivity index (χ1v) is 10.3. The number of aliphatic hydroxyl groups is 1. The SMILES string of the molecule is CCNC(=NCc1ccc(OCCO)c(OC)c1)N1CCN(Cc2ccon2)CC1.I. The van der Waals surface area contributed by atoms with Crippen LogP contribution in [0, 0.1) is 0 Å². The number of nitrogens with one attached hydrogen (secondary N) is 1. The van der Waals surface area contributed by atoms with Gasteiger partial charge in [0.1, 0.15) is 12.9 Å². The largest absolute Gasteiger partial charge is 0.493 e. The van der Waals surface area contributed by atoms with Gasteiger partial charge in [0.2, 0.25) is 0 Å². The van der Waals surface area contributed by atoms with Gasteiger partial charge in [0.05, 0.1) is 26.0 Å². The van der Waals surface area contributed by atoms with Crippen molar-refractivity contribution < 1.29 is 19.1 Å². The molecule has 0 atom stereocenters. The minimum atomic E-state index is -0.0346. The van der Waals surface area contributed by atoms with Crippen LogP contribution >= 0.6 is 24.0 Å². The fourth-order valence-corrected chi connectivity index (χ4v) is 3.34. The van der Waals surface area contributed by atoms with Crippen LogP contribution in [-0.2, 0) is 13.1 Å². The first-order chi connectivity index (χ1) is 14.7. The van der Waals surface area contributed by atoms with Gasteiger partial charge in [0, 0.05) is 45.3 Å². The molecule has 0 aliphatic carbocycles. The molecule has 10 heteroatoms. The third-order valence-electron chi connectivity index (χ3n) is 4.87. The van der Waals surface area contributed by atoms with Crippen LogP contribution in [0.15, 0.2) is 40.0 Å². The van der Waals surface area contributed by atoms with E-state index in [-0.39, 0.29) is 37.2 Å². The highest BCUT2D eigenvalue weighted by Gasteiger charge is 2.20. The predicted octanol–water partition coefficient (Wildman–Crippen LogP) is 1.96. The summed E-state index contributed by atoms with van der Waals surface area (Å²) in [6.45, 7) is 8.14. The van der Waals surface area contributed by atoms with E-state index in [0.29, 0.717) is 18.0 Å². The molecule has 0 amide bonds. The molecule has 1 saturated heterocycles. The Bertz CT molecular complexity index is 795. The van der Waals surface area contributed by atoms with Crippen LogP contribution in [0.25, 0.3) is 0 Å². The van der Waals surface area contributed by atoms with Crippen LogP contribution in [0.2, 0.25) is 0 Å². The number of guanidine groups is 1. The molecular weight excluding hydrogens is 513 g/mol. The first-order valence-electron chi connectivity index (χ1n) is 10.3. The molecule has 31 heavy (non-hydrogen) atoms. The summed E-state index contributed by atoms with van der Waals surface area (Å²) in [5.41, 5.74) is 1.99. The summed E-state index contributed by atoms with van der Waals surface area (Å²) in [7, 11) is 1.61. The van der Waals surface area contributed by atoms with Gasteiger partial charge in [-0.05, 0) is 24.6 Å². The number of benzene rings is 1. The third kappa shape index (κ3) is 7.54. The van der Waals surface area contributed by atoms with Gasteiger partial charge in [-0.2, -0.15) is 0 Å². The second-order valence-corrected chi connectivity index (χ2v) is 6.98. The van der Waals surface area contributed by atoms with E-state index >= 15 is 0 Å². The number of aliphatic imine (C=N–C) groups is 1. The van der Waals surface area contributed by atoms with Crippen molar-refractivity contribution in [2.75, 3.05) is 53.0 Å². The van der Waals surface area contributed by atoms with E-state index in [1.54, 1.807) is 13.4 Å². The average Bonchev–Trinajstić information content (AvgIpc) is 3.29. The van der Waals surface area contributed by atoms with Gasteiger partial charge >= 0.3 is 0 Å². The summed E-state index contributed by atoms with van der Waals surface area (Å²) in [5.74, 6) is 2.18. The number of hydrogen-bond acceptors (Lipinski definition) is 7. The van der Waals surface area contributed by atoms with Crippen molar-refractivity contribution in [3.05, 3.63) is 41.8 Å². The number of nitrogens with zero attached hydrogens (tertiary/aromatic N) is 4. The summed E-state index contributed by atoms with van der Waals surface area (Å²) in [5, 5.41) is 16.3. The maximum absolute atomic E-state index is 8.94. The van der Waals surface area contributed by atoms with Crippen molar-refractivity contribution in [2.24, 2.45) is 4.99 Å². The van der Waals surface area contributed by atoms with Crippen LogP contribution in [-0.4, -0.2) is 79.1 Å². The maximum Gasteiger partial charge on any atom is 0.194 e. The van der Waals surface area contributed by atoms with Crippen LogP contribution in [0.4, 0.5) is 0 Å². The highest BCUT2D eigenvalue weighted by Crippen LogP contribution is 2.28. The normalized spacial score (nSPS) is 14.8. The molecular formula is C21H32IN5O4. The van der Waals surface area contributed by atoms with Crippen molar-refractivity contribution >= 4 is 29.9 Å². The van der Waals surface area contributed by atoms with Gasteiger partial charge < -0.3 is 29.3 Å². The quantitative estimate of drug-likeness (QED) is 0.281. The summed E-state index contributed by atoms with van der Waals surface area (Å²) in [6.07, 6.45) is 1.61. The molecule has 0 radical (unpaired) electrons. The van der Waals surface area contributed by atoms with Gasteiger partial charge in [0.25, 0.3) is 0 Å². The van der Waals surface area contributed by atoms with Gasteiger partial charge in [-0.25, -0.2) is 4.99 Å². The number of aromatic nitrogens is 1. The Labute approximate surface area is 200 Å². The maximum atomic E-state index is 8.94. The fraction of sp³-hybridized carbons (Fsp3) is 0.524. The third-order valence-corrected chi connectivity index (χ3v) is 4.87. The molecule has 2 aromatic rings. The number of rotatable bonds is 9. The molecule has 0 spiro atoms. The monoisotopic (exact) mass is 545 g/mol. The standard InChI is InChI=1S/C21H31N5O4.HI/c1-3-22-21(26-9-7-25(8-10-26)16-18-6-12-30-24-18)23-15-17-4-5-19(29-13-11-27)20(14-17)28-2;/h4-6,12,14,27H,3,7-11,13,15-16H2,1-2H3,(H,22,23);1H. The predicted molar refractivity (Wildman–Crippen MR) is 129 cm³/mol. The Hall–Kier alpha value is -2.05. The van der Waals surface area contributed by atoms with E-state index in [9.17, 15) is 0 Å². The second-order valence-electron chi connectivity index (χ2n) is 6.98. The number of halogens is 1. The summed E-state index contributed by atoms with van der Waals surface area (Å²) < 4.78 is 15.8. The smallest absolute Gasteiger partial charge is 0.194 e. The average molecular weight is 545 g/mol. The molecule has 1 aliphatic heterocycles. The van der Waals surface area contributed by atoms with E-state index in [0.717, 1.165) is 56.5 Å². The lowest BCUT2D eigenvalue weighted by atomic mass is 10.2. The topological polar surface area (TPSA) is 95.6 Å². The van der Waals surface area contributed by atoms with Gasteiger partial charge in [-0.15, -0.1) is 24.0 Å². The first kappa shape index (κ1) is 25.2. The zero-order valence-electron chi connectivity index (χ0n) is 18.1. The highest BCUT2D eigenvalue weighted by atomic mass is 127. The number of methoxy groups -OCH3 is 1. The molecule has 0 unspecified atom stereocenters. The second kappa shape index (κ2) is 13.4. The van der Waals surface area contributed by atoms with Gasteiger partial charge in [0.15, 0.2) is 17.5 Å². The molecule has 2 heterocycles. The molecule has 0 saturated carbocycles. The molecule has 1 aliphatic rings. The number of ether oxygens (including phenoxy) is 2. The van der Waals surface area contributed by atoms with Gasteiger partial charge in [-0.3, -0.25) is 4.90 Å². The molecule has 1 fully saturated rings. The van der Waals surface area contributed by atoms with Crippen LogP contribution < -0.4 is 14.8 Å². The van der Waals surface area contributed by atoms with Crippen molar-refractivity contribution in [3.63, 3.8) is 0 Å². The summed E-state index contributed by atoms with van der Waals surface area (Å²) in [4.78, 5) is 9.48. The minimum absolute atomic E-state index is 0. The molecule has 0 bridgehead atoms. The molecule has 2 N–H and O–H groups in total. The van der Waals surface area contributed by atoms with Crippen molar-refractivity contribution in [2.45, 2.75) is 20.0 Å².